The van der Waals surface area contributed by atoms with E-state index in [-0.39, 0.29) is 12.4 Å². The Hall–Kier alpha value is -2.92. The second kappa shape index (κ2) is 7.00. The average Bonchev–Trinajstić information content (AvgIpc) is 3.08. The minimum absolute atomic E-state index is 0.150. The predicted molar refractivity (Wildman–Crippen MR) is 108 cm³/mol. The maximum atomic E-state index is 13.1. The number of esters is 1. The zero-order chi connectivity index (χ0) is 19.0. The van der Waals surface area contributed by atoms with Crippen LogP contribution in [0.5, 0.6) is 0 Å². The molecule has 0 unspecified atom stereocenters. The van der Waals surface area contributed by atoms with Gasteiger partial charge >= 0.3 is 5.97 Å². The molecule has 134 valence electrons. The van der Waals surface area contributed by atoms with Crippen molar-refractivity contribution in [3.8, 4) is 0 Å². The first kappa shape index (κ1) is 17.5. The molecule has 0 amide bonds. The van der Waals surface area contributed by atoms with E-state index in [1.807, 2.05) is 48.7 Å². The molecule has 0 aliphatic carbocycles. The fourth-order valence-corrected chi connectivity index (χ4v) is 3.52. The quantitative estimate of drug-likeness (QED) is 0.333. The van der Waals surface area contributed by atoms with E-state index in [2.05, 4.69) is 15.9 Å². The van der Waals surface area contributed by atoms with Crippen LogP contribution in [0.15, 0.2) is 71.3 Å². The number of hydrogen-bond acceptors (Lipinski definition) is 3. The second-order valence-electron chi connectivity index (χ2n) is 6.12. The molecule has 0 bridgehead atoms. The number of ether oxygens (including phenoxy) is 1. The summed E-state index contributed by atoms with van der Waals surface area (Å²) in [7, 11) is 0. The molecule has 0 radical (unpaired) electrons. The number of hydrogen-bond donors (Lipinski definition) is 0. The SMILES string of the molecule is CCOC(=O)c1cc(C(=O)c2ccc(Br)cc2)n2ccc3ccccc3c12. The zero-order valence-electron chi connectivity index (χ0n) is 14.6. The average molecular weight is 422 g/mol. The maximum Gasteiger partial charge on any atom is 0.340 e. The molecule has 0 aliphatic heterocycles. The molecule has 4 nitrogen and oxygen atoms in total. The Kier molecular flexibility index (Phi) is 4.54. The predicted octanol–water partition coefficient (Wildman–Crippen LogP) is 5.26. The maximum absolute atomic E-state index is 13.1. The summed E-state index contributed by atoms with van der Waals surface area (Å²) in [5.74, 6) is -0.579. The van der Waals surface area contributed by atoms with Gasteiger partial charge in [0.25, 0.3) is 0 Å². The lowest BCUT2D eigenvalue weighted by molar-refractivity contribution is 0.0529. The van der Waals surface area contributed by atoms with Crippen molar-refractivity contribution in [3.63, 3.8) is 0 Å². The highest BCUT2D eigenvalue weighted by Crippen LogP contribution is 2.28. The normalized spacial score (nSPS) is 11.0. The largest absolute Gasteiger partial charge is 0.462 e. The third kappa shape index (κ3) is 3.04. The van der Waals surface area contributed by atoms with Crippen molar-refractivity contribution in [3.05, 3.63) is 88.2 Å². The van der Waals surface area contributed by atoms with Crippen molar-refractivity contribution in [2.45, 2.75) is 6.92 Å². The van der Waals surface area contributed by atoms with Crippen LogP contribution in [0.3, 0.4) is 0 Å². The van der Waals surface area contributed by atoms with E-state index < -0.39 is 5.97 Å². The van der Waals surface area contributed by atoms with Crippen LogP contribution in [0.1, 0.15) is 33.3 Å². The number of ketones is 1. The van der Waals surface area contributed by atoms with Crippen LogP contribution < -0.4 is 0 Å². The summed E-state index contributed by atoms with van der Waals surface area (Å²) in [5.41, 5.74) is 2.07. The number of rotatable bonds is 4. The van der Waals surface area contributed by atoms with Crippen molar-refractivity contribution < 1.29 is 14.3 Å². The molecule has 2 aromatic carbocycles. The van der Waals surface area contributed by atoms with Crippen molar-refractivity contribution in [1.29, 1.82) is 0 Å². The van der Waals surface area contributed by atoms with Gasteiger partial charge in [-0.05, 0) is 48.7 Å². The fourth-order valence-electron chi connectivity index (χ4n) is 3.26. The Bertz CT molecular complexity index is 1180. The Labute approximate surface area is 164 Å². The molecule has 4 aromatic rings. The molecular formula is C22H16BrNO3. The van der Waals surface area contributed by atoms with Crippen LogP contribution in [-0.4, -0.2) is 22.8 Å². The molecule has 27 heavy (non-hydrogen) atoms. The van der Waals surface area contributed by atoms with Crippen LogP contribution >= 0.6 is 15.9 Å². The van der Waals surface area contributed by atoms with Crippen LogP contribution in [0.25, 0.3) is 16.3 Å². The molecule has 5 heteroatoms. The van der Waals surface area contributed by atoms with Gasteiger partial charge in [-0.3, -0.25) is 4.79 Å². The first-order valence-corrected chi connectivity index (χ1v) is 9.39. The molecule has 0 aliphatic rings. The second-order valence-corrected chi connectivity index (χ2v) is 7.04. The highest BCUT2D eigenvalue weighted by Gasteiger charge is 2.22. The van der Waals surface area contributed by atoms with Gasteiger partial charge in [0.05, 0.1) is 23.4 Å². The lowest BCUT2D eigenvalue weighted by atomic mass is 10.1. The van der Waals surface area contributed by atoms with E-state index in [0.29, 0.717) is 22.3 Å². The van der Waals surface area contributed by atoms with Gasteiger partial charge in [-0.2, -0.15) is 0 Å². The van der Waals surface area contributed by atoms with Crippen LogP contribution in [-0.2, 0) is 4.74 Å². The summed E-state index contributed by atoms with van der Waals surface area (Å²) in [4.78, 5) is 25.7. The summed E-state index contributed by atoms with van der Waals surface area (Å²) in [5, 5.41) is 1.90. The van der Waals surface area contributed by atoms with E-state index in [9.17, 15) is 9.59 Å². The van der Waals surface area contributed by atoms with Crippen molar-refractivity contribution in [1.82, 2.24) is 4.40 Å². The monoisotopic (exact) mass is 421 g/mol. The van der Waals surface area contributed by atoms with E-state index in [1.54, 1.807) is 29.5 Å². The van der Waals surface area contributed by atoms with Gasteiger partial charge in [0.2, 0.25) is 5.78 Å². The molecule has 0 saturated heterocycles. The van der Waals surface area contributed by atoms with Crippen molar-refractivity contribution in [2.75, 3.05) is 6.61 Å². The highest BCUT2D eigenvalue weighted by molar-refractivity contribution is 9.10. The summed E-state index contributed by atoms with van der Waals surface area (Å²) >= 11 is 3.38. The van der Waals surface area contributed by atoms with Crippen molar-refractivity contribution >= 4 is 44.0 Å². The fraction of sp³-hybridized carbons (Fsp3) is 0.0909. The standard InChI is InChI=1S/C22H16BrNO3/c1-2-27-22(26)18-13-19(21(25)15-7-9-16(23)10-8-15)24-12-11-14-5-3-4-6-17(14)20(18)24/h3-13H,2H2,1H3. The van der Waals surface area contributed by atoms with Gasteiger partial charge in [-0.15, -0.1) is 0 Å². The first-order chi connectivity index (χ1) is 13.1. The minimum Gasteiger partial charge on any atom is -0.462 e. The van der Waals surface area contributed by atoms with Crippen LogP contribution in [0.2, 0.25) is 0 Å². The van der Waals surface area contributed by atoms with Gasteiger partial charge in [0.1, 0.15) is 0 Å². The van der Waals surface area contributed by atoms with E-state index in [4.69, 9.17) is 4.74 Å². The van der Waals surface area contributed by atoms with Gasteiger partial charge < -0.3 is 9.14 Å². The van der Waals surface area contributed by atoms with Gasteiger partial charge in [-0.1, -0.05) is 40.2 Å². The zero-order valence-corrected chi connectivity index (χ0v) is 16.2. The molecule has 4 rings (SSSR count). The number of nitrogens with zero attached hydrogens (tertiary/aromatic N) is 1. The van der Waals surface area contributed by atoms with Gasteiger partial charge in [-0.25, -0.2) is 4.79 Å². The van der Waals surface area contributed by atoms with E-state index in [0.717, 1.165) is 15.2 Å². The Morgan fingerprint density at radius 2 is 1.78 bits per heavy atom. The third-order valence-electron chi connectivity index (χ3n) is 4.49. The summed E-state index contributed by atoms with van der Waals surface area (Å²) in [6, 6.07) is 18.5. The molecule has 0 saturated carbocycles. The Morgan fingerprint density at radius 1 is 1.04 bits per heavy atom. The van der Waals surface area contributed by atoms with Crippen molar-refractivity contribution in [2.24, 2.45) is 0 Å². The third-order valence-corrected chi connectivity index (χ3v) is 5.02. The van der Waals surface area contributed by atoms with Gasteiger partial charge in [0, 0.05) is 21.6 Å². The minimum atomic E-state index is -0.429. The number of aromatic nitrogens is 1. The van der Waals surface area contributed by atoms with Crippen LogP contribution in [0.4, 0.5) is 0 Å². The van der Waals surface area contributed by atoms with Crippen LogP contribution in [0, 0.1) is 0 Å². The Morgan fingerprint density at radius 3 is 2.52 bits per heavy atom. The smallest absolute Gasteiger partial charge is 0.340 e. The van der Waals surface area contributed by atoms with E-state index in [1.165, 1.54) is 0 Å². The first-order valence-electron chi connectivity index (χ1n) is 8.60. The number of benzene rings is 2. The number of fused-ring (bicyclic) bond motifs is 3. The molecule has 2 aromatic heterocycles. The molecule has 0 fully saturated rings. The number of carbonyl (C=O) groups is 2. The molecule has 0 spiro atoms. The topological polar surface area (TPSA) is 47.8 Å². The number of pyridine rings is 1. The number of carbonyl (C=O) groups excluding carboxylic acids is 2. The number of halogens is 1. The lowest BCUT2D eigenvalue weighted by Gasteiger charge is -2.06. The lowest BCUT2D eigenvalue weighted by Crippen LogP contribution is -2.04. The molecule has 0 atom stereocenters. The summed E-state index contributed by atoms with van der Waals surface area (Å²) in [6.45, 7) is 2.04. The summed E-state index contributed by atoms with van der Waals surface area (Å²) < 4.78 is 7.91. The highest BCUT2D eigenvalue weighted by atomic mass is 79.9. The van der Waals surface area contributed by atoms with Gasteiger partial charge in [0.15, 0.2) is 0 Å². The molecule has 2 heterocycles. The van der Waals surface area contributed by atoms with E-state index >= 15 is 0 Å². The molecule has 0 N–H and O–H groups in total. The summed E-state index contributed by atoms with van der Waals surface area (Å²) in [6.07, 6.45) is 1.83. The molecular weight excluding hydrogens is 406 g/mol. The Balaban J connectivity index is 1.98.